The van der Waals surface area contributed by atoms with Crippen LogP contribution in [0.1, 0.15) is 39.0 Å². The van der Waals surface area contributed by atoms with Crippen LogP contribution in [0.2, 0.25) is 0 Å². The van der Waals surface area contributed by atoms with Crippen molar-refractivity contribution in [3.8, 4) is 0 Å². The van der Waals surface area contributed by atoms with Crippen molar-refractivity contribution < 1.29 is 13.2 Å². The number of hydrogen-bond acceptors (Lipinski definition) is 2. The second-order valence-corrected chi connectivity index (χ2v) is 5.44. The normalized spacial score (nSPS) is 40.2. The summed E-state index contributed by atoms with van der Waals surface area (Å²) in [6, 6.07) is -0.380. The van der Waals surface area contributed by atoms with Gasteiger partial charge in [-0.3, -0.25) is 0 Å². The number of rotatable bonds is 1. The lowest BCUT2D eigenvalue weighted by Gasteiger charge is -2.39. The van der Waals surface area contributed by atoms with Gasteiger partial charge < -0.3 is 10.6 Å². The molecule has 0 bridgehead atoms. The zero-order valence-electron chi connectivity index (χ0n) is 10.2. The molecule has 0 saturated carbocycles. The Morgan fingerprint density at radius 2 is 1.82 bits per heavy atom. The maximum atomic E-state index is 12.5. The lowest BCUT2D eigenvalue weighted by molar-refractivity contribution is -0.162. The number of halogens is 3. The largest absolute Gasteiger partial charge is 0.403 e. The maximum Gasteiger partial charge on any atom is 0.403 e. The summed E-state index contributed by atoms with van der Waals surface area (Å²) in [5.74, 6) is 0.358. The van der Waals surface area contributed by atoms with Gasteiger partial charge in [0.25, 0.3) is 0 Å². The molecule has 2 aliphatic rings. The molecule has 0 radical (unpaired) electrons. The lowest BCUT2D eigenvalue weighted by Crippen LogP contribution is -2.54. The maximum absolute atomic E-state index is 12.5. The third kappa shape index (κ3) is 3.35. The quantitative estimate of drug-likeness (QED) is 0.747. The predicted octanol–water partition coefficient (Wildman–Crippen LogP) is 2.45. The first-order valence-corrected chi connectivity index (χ1v) is 6.53. The third-order valence-corrected chi connectivity index (χ3v) is 4.07. The van der Waals surface area contributed by atoms with E-state index in [4.69, 9.17) is 0 Å². The minimum Gasteiger partial charge on any atom is -0.311 e. The van der Waals surface area contributed by atoms with Gasteiger partial charge in [-0.25, -0.2) is 0 Å². The highest BCUT2D eigenvalue weighted by Crippen LogP contribution is 2.31. The van der Waals surface area contributed by atoms with E-state index in [9.17, 15) is 13.2 Å². The van der Waals surface area contributed by atoms with Gasteiger partial charge in [0.05, 0.1) is 0 Å². The fourth-order valence-corrected chi connectivity index (χ4v) is 3.05. The minimum absolute atomic E-state index is 0.223. The number of piperidine rings is 2. The van der Waals surface area contributed by atoms with E-state index in [-0.39, 0.29) is 6.42 Å². The van der Waals surface area contributed by atoms with Gasteiger partial charge in [0.2, 0.25) is 0 Å². The van der Waals surface area contributed by atoms with Crippen LogP contribution in [0.25, 0.3) is 0 Å². The predicted molar refractivity (Wildman–Crippen MR) is 60.8 cm³/mol. The summed E-state index contributed by atoms with van der Waals surface area (Å²) in [5, 5.41) is 6.17. The molecule has 2 N–H and O–H groups in total. The highest BCUT2D eigenvalue weighted by atomic mass is 19.4. The van der Waals surface area contributed by atoms with E-state index in [1.165, 1.54) is 12.8 Å². The molecule has 2 nitrogen and oxygen atoms in total. The van der Waals surface area contributed by atoms with Gasteiger partial charge in [-0.15, -0.1) is 0 Å². The molecule has 2 saturated heterocycles. The van der Waals surface area contributed by atoms with Crippen molar-refractivity contribution >= 4 is 0 Å². The van der Waals surface area contributed by atoms with Gasteiger partial charge in [0, 0.05) is 18.6 Å². The van der Waals surface area contributed by atoms with Crippen LogP contribution < -0.4 is 10.6 Å². The lowest BCUT2D eigenvalue weighted by atomic mass is 9.83. The van der Waals surface area contributed by atoms with Crippen molar-refractivity contribution in [2.75, 3.05) is 6.54 Å². The van der Waals surface area contributed by atoms with E-state index >= 15 is 0 Å². The van der Waals surface area contributed by atoms with Crippen LogP contribution in [0.4, 0.5) is 13.2 Å². The Bertz CT molecular complexity index is 247. The molecule has 17 heavy (non-hydrogen) atoms. The molecule has 0 amide bonds. The molecule has 0 aromatic carbocycles. The minimum atomic E-state index is -4.09. The van der Waals surface area contributed by atoms with Crippen molar-refractivity contribution in [1.29, 1.82) is 0 Å². The summed E-state index contributed by atoms with van der Waals surface area (Å²) in [4.78, 5) is 0. The zero-order chi connectivity index (χ0) is 12.5. The second kappa shape index (κ2) is 5.14. The average Bonchev–Trinajstić information content (AvgIpc) is 2.28. The van der Waals surface area contributed by atoms with E-state index < -0.39 is 12.2 Å². The molecule has 4 unspecified atom stereocenters. The molecule has 2 rings (SSSR count). The van der Waals surface area contributed by atoms with E-state index in [1.807, 2.05) is 0 Å². The molecule has 0 spiro atoms. The summed E-state index contributed by atoms with van der Waals surface area (Å²) in [6.45, 7) is 2.65. The van der Waals surface area contributed by atoms with E-state index in [0.717, 1.165) is 6.42 Å². The van der Waals surface area contributed by atoms with Crippen LogP contribution in [0.3, 0.4) is 0 Å². The fourth-order valence-electron chi connectivity index (χ4n) is 3.05. The first kappa shape index (κ1) is 13.1. The Kier molecular flexibility index (Phi) is 3.98. The molecule has 0 aliphatic carbocycles. The molecule has 4 atom stereocenters. The molecule has 5 heteroatoms. The smallest absolute Gasteiger partial charge is 0.311 e. The topological polar surface area (TPSA) is 24.1 Å². The van der Waals surface area contributed by atoms with Crippen LogP contribution in [0.5, 0.6) is 0 Å². The molecule has 100 valence electrons. The Hall–Kier alpha value is -0.290. The van der Waals surface area contributed by atoms with Crippen molar-refractivity contribution in [3.05, 3.63) is 0 Å². The van der Waals surface area contributed by atoms with Crippen LogP contribution in [0, 0.1) is 5.92 Å². The Morgan fingerprint density at radius 1 is 1.06 bits per heavy atom. The van der Waals surface area contributed by atoms with Crippen LogP contribution in [-0.2, 0) is 0 Å². The van der Waals surface area contributed by atoms with Crippen molar-refractivity contribution in [2.24, 2.45) is 5.92 Å². The highest BCUT2D eigenvalue weighted by Gasteiger charge is 2.42. The van der Waals surface area contributed by atoms with Crippen LogP contribution in [0.15, 0.2) is 0 Å². The molecule has 0 aromatic heterocycles. The summed E-state index contributed by atoms with van der Waals surface area (Å²) >= 11 is 0. The number of hydrogen-bond donors (Lipinski definition) is 2. The van der Waals surface area contributed by atoms with Crippen LogP contribution in [-0.4, -0.2) is 30.8 Å². The standard InChI is InChI=1S/C12H21F3N2/c1-8-3-2-4-10(17-8)9-5-6-11(16-7-9)12(13,14)15/h8-11,16-17H,2-7H2,1H3. The summed E-state index contributed by atoms with van der Waals surface area (Å²) in [6.07, 6.45) is 0.299. The number of nitrogens with one attached hydrogen (secondary N) is 2. The van der Waals surface area contributed by atoms with Crippen molar-refractivity contribution in [3.63, 3.8) is 0 Å². The van der Waals surface area contributed by atoms with Gasteiger partial charge in [0.15, 0.2) is 0 Å². The van der Waals surface area contributed by atoms with E-state index in [1.54, 1.807) is 0 Å². The summed E-state index contributed by atoms with van der Waals surface area (Å²) < 4.78 is 37.5. The molecular formula is C12H21F3N2. The first-order valence-electron chi connectivity index (χ1n) is 6.53. The Labute approximate surface area is 100 Å². The van der Waals surface area contributed by atoms with Crippen molar-refractivity contribution in [2.45, 2.75) is 63.3 Å². The summed E-state index contributed by atoms with van der Waals surface area (Å²) in [5.41, 5.74) is 0. The highest BCUT2D eigenvalue weighted by molar-refractivity contribution is 4.90. The molecule has 2 heterocycles. The van der Waals surface area contributed by atoms with Gasteiger partial charge in [-0.1, -0.05) is 6.42 Å². The van der Waals surface area contributed by atoms with Crippen molar-refractivity contribution in [1.82, 2.24) is 10.6 Å². The van der Waals surface area contributed by atoms with Gasteiger partial charge in [-0.2, -0.15) is 13.2 Å². The monoisotopic (exact) mass is 250 g/mol. The van der Waals surface area contributed by atoms with Crippen LogP contribution >= 0.6 is 0 Å². The average molecular weight is 250 g/mol. The SMILES string of the molecule is CC1CCCC(C2CCC(C(F)(F)F)NC2)N1. The summed E-state index contributed by atoms with van der Waals surface area (Å²) in [7, 11) is 0. The molecule has 0 aromatic rings. The Balaban J connectivity index is 1.82. The van der Waals surface area contributed by atoms with Gasteiger partial charge in [-0.05, 0) is 38.5 Å². The zero-order valence-corrected chi connectivity index (χ0v) is 10.2. The van der Waals surface area contributed by atoms with E-state index in [0.29, 0.717) is 31.0 Å². The van der Waals surface area contributed by atoms with Gasteiger partial charge >= 0.3 is 6.18 Å². The van der Waals surface area contributed by atoms with Gasteiger partial charge in [0.1, 0.15) is 6.04 Å². The molecular weight excluding hydrogens is 229 g/mol. The molecule has 2 aliphatic heterocycles. The third-order valence-electron chi connectivity index (χ3n) is 4.07. The second-order valence-electron chi connectivity index (χ2n) is 5.44. The van der Waals surface area contributed by atoms with E-state index in [2.05, 4.69) is 17.6 Å². The molecule has 2 fully saturated rings. The number of alkyl halides is 3. The Morgan fingerprint density at radius 3 is 2.35 bits per heavy atom. The fraction of sp³-hybridized carbons (Fsp3) is 1.00. The first-order chi connectivity index (χ1) is 7.97.